The van der Waals surface area contributed by atoms with Crippen molar-refractivity contribution >= 4 is 11.9 Å². The lowest BCUT2D eigenvalue weighted by atomic mass is 9.53. The third kappa shape index (κ3) is 2.40. The highest BCUT2D eigenvalue weighted by atomic mass is 16.5. The summed E-state index contributed by atoms with van der Waals surface area (Å²) in [6, 6.07) is 1.11. The number of carbonyl (C=O) groups is 2. The molecule has 118 valence electrons. The van der Waals surface area contributed by atoms with Crippen molar-refractivity contribution < 1.29 is 14.1 Å². The lowest BCUT2D eigenvalue weighted by molar-refractivity contribution is -0.0134. The van der Waals surface area contributed by atoms with E-state index in [1.165, 1.54) is 25.3 Å². The van der Waals surface area contributed by atoms with Gasteiger partial charge in [-0.25, -0.2) is 4.79 Å². The number of nitrogens with one attached hydrogen (secondary N) is 2. The molecule has 0 saturated heterocycles. The zero-order valence-electron chi connectivity index (χ0n) is 12.7. The molecule has 0 radical (unpaired) electrons. The van der Waals surface area contributed by atoms with Crippen LogP contribution in [0.15, 0.2) is 10.6 Å². The van der Waals surface area contributed by atoms with Crippen molar-refractivity contribution in [3.63, 3.8) is 0 Å². The molecule has 4 aliphatic carbocycles. The molecule has 6 nitrogen and oxygen atoms in total. The van der Waals surface area contributed by atoms with E-state index in [4.69, 9.17) is 4.52 Å². The fourth-order valence-electron chi connectivity index (χ4n) is 5.18. The molecule has 1 aromatic rings. The van der Waals surface area contributed by atoms with Gasteiger partial charge in [0.15, 0.2) is 5.69 Å². The normalized spacial score (nSPS) is 35.4. The zero-order valence-corrected chi connectivity index (χ0v) is 12.7. The van der Waals surface area contributed by atoms with Crippen LogP contribution in [-0.4, -0.2) is 22.6 Å². The Morgan fingerprint density at radius 3 is 2.27 bits per heavy atom. The van der Waals surface area contributed by atoms with Gasteiger partial charge in [0.05, 0.1) is 0 Å². The van der Waals surface area contributed by atoms with Crippen LogP contribution >= 0.6 is 0 Å². The van der Waals surface area contributed by atoms with Gasteiger partial charge in [0, 0.05) is 11.6 Å². The van der Waals surface area contributed by atoms with Crippen LogP contribution in [0.3, 0.4) is 0 Å². The molecule has 1 aromatic heterocycles. The topological polar surface area (TPSA) is 84.2 Å². The molecule has 0 spiro atoms. The van der Waals surface area contributed by atoms with Crippen molar-refractivity contribution in [3.05, 3.63) is 17.5 Å². The first-order valence-electron chi connectivity index (χ1n) is 8.08. The van der Waals surface area contributed by atoms with Crippen LogP contribution < -0.4 is 10.6 Å². The molecule has 4 fully saturated rings. The Hall–Kier alpha value is -1.85. The number of hydrogen-bond acceptors (Lipinski definition) is 4. The predicted molar refractivity (Wildman–Crippen MR) is 78.1 cm³/mol. The fourth-order valence-corrected chi connectivity index (χ4v) is 5.18. The van der Waals surface area contributed by atoms with Crippen LogP contribution in [0.25, 0.3) is 0 Å². The predicted octanol–water partition coefficient (Wildman–Crippen LogP) is 2.39. The van der Waals surface area contributed by atoms with Gasteiger partial charge in [0.25, 0.3) is 5.91 Å². The first kappa shape index (κ1) is 13.8. The lowest BCUT2D eigenvalue weighted by Crippen LogP contribution is -2.61. The van der Waals surface area contributed by atoms with Crippen LogP contribution in [0.2, 0.25) is 0 Å². The van der Waals surface area contributed by atoms with E-state index in [0.717, 1.165) is 37.0 Å². The van der Waals surface area contributed by atoms with Gasteiger partial charge < -0.3 is 9.84 Å². The summed E-state index contributed by atoms with van der Waals surface area (Å²) in [5.74, 6) is 2.28. The van der Waals surface area contributed by atoms with Crippen molar-refractivity contribution in [2.45, 2.75) is 51.0 Å². The maximum atomic E-state index is 12.2. The number of aryl methyl sites for hydroxylation is 1. The molecule has 4 bridgehead atoms. The number of hydrogen-bond donors (Lipinski definition) is 2. The van der Waals surface area contributed by atoms with E-state index >= 15 is 0 Å². The molecule has 1 heterocycles. The van der Waals surface area contributed by atoms with Crippen molar-refractivity contribution in [2.75, 3.05) is 0 Å². The molecule has 0 aromatic carbocycles. The SMILES string of the molecule is Cc1cc(C(=O)NC(=O)NC23CC4CC(CC(C4)C2)C3)no1. The van der Waals surface area contributed by atoms with E-state index in [0.29, 0.717) is 5.76 Å². The summed E-state index contributed by atoms with van der Waals surface area (Å²) < 4.78 is 4.86. The van der Waals surface area contributed by atoms with Gasteiger partial charge in [0.2, 0.25) is 0 Å². The number of aromatic nitrogens is 1. The molecule has 4 aliphatic rings. The standard InChI is InChI=1S/C16H21N3O3/c1-9-2-13(19-22-9)14(20)17-15(21)18-16-6-10-3-11(7-16)5-12(4-10)8-16/h2,10-12H,3-8H2,1H3,(H2,17,18,20,21). The highest BCUT2D eigenvalue weighted by Crippen LogP contribution is 2.55. The fraction of sp³-hybridized carbons (Fsp3) is 0.688. The Bertz CT molecular complexity index is 587. The van der Waals surface area contributed by atoms with Gasteiger partial charge in [-0.15, -0.1) is 0 Å². The molecule has 6 heteroatoms. The lowest BCUT2D eigenvalue weighted by Gasteiger charge is -2.56. The maximum absolute atomic E-state index is 12.2. The minimum Gasteiger partial charge on any atom is -0.361 e. The van der Waals surface area contributed by atoms with Gasteiger partial charge >= 0.3 is 6.03 Å². The molecular weight excluding hydrogens is 282 g/mol. The highest BCUT2D eigenvalue weighted by molar-refractivity contribution is 6.03. The largest absolute Gasteiger partial charge is 0.361 e. The quantitative estimate of drug-likeness (QED) is 0.878. The molecule has 5 rings (SSSR count). The first-order chi connectivity index (χ1) is 10.5. The molecule has 0 aliphatic heterocycles. The smallest absolute Gasteiger partial charge is 0.322 e. The minimum atomic E-state index is -0.515. The van der Waals surface area contributed by atoms with E-state index in [9.17, 15) is 9.59 Å². The zero-order chi connectivity index (χ0) is 15.3. The summed E-state index contributed by atoms with van der Waals surface area (Å²) in [6.45, 7) is 1.71. The van der Waals surface area contributed by atoms with Crippen LogP contribution in [0.5, 0.6) is 0 Å². The van der Waals surface area contributed by atoms with Crippen molar-refractivity contribution in [3.8, 4) is 0 Å². The number of amides is 3. The second-order valence-electron chi connectivity index (χ2n) is 7.43. The Kier molecular flexibility index (Phi) is 3.03. The first-order valence-corrected chi connectivity index (χ1v) is 8.08. The molecule has 2 N–H and O–H groups in total. The van der Waals surface area contributed by atoms with Gasteiger partial charge in [-0.1, -0.05) is 5.16 Å². The number of nitrogens with zero attached hydrogens (tertiary/aromatic N) is 1. The van der Waals surface area contributed by atoms with Crippen LogP contribution in [-0.2, 0) is 0 Å². The van der Waals surface area contributed by atoms with Gasteiger partial charge in [-0.3, -0.25) is 10.1 Å². The molecule has 0 atom stereocenters. The highest BCUT2D eigenvalue weighted by Gasteiger charge is 2.51. The van der Waals surface area contributed by atoms with Crippen LogP contribution in [0.1, 0.15) is 54.8 Å². The number of carbonyl (C=O) groups excluding carboxylic acids is 2. The number of imide groups is 1. The summed E-state index contributed by atoms with van der Waals surface area (Å²) in [5.41, 5.74) is 0.0388. The summed E-state index contributed by atoms with van der Waals surface area (Å²) in [6.07, 6.45) is 7.14. The summed E-state index contributed by atoms with van der Waals surface area (Å²) in [7, 11) is 0. The molecular formula is C16H21N3O3. The Morgan fingerprint density at radius 1 is 1.18 bits per heavy atom. The third-order valence-corrected chi connectivity index (χ3v) is 5.50. The van der Waals surface area contributed by atoms with E-state index in [-0.39, 0.29) is 11.2 Å². The van der Waals surface area contributed by atoms with Crippen LogP contribution in [0, 0.1) is 24.7 Å². The van der Waals surface area contributed by atoms with Crippen molar-refractivity contribution in [2.24, 2.45) is 17.8 Å². The Balaban J connectivity index is 1.41. The monoisotopic (exact) mass is 303 g/mol. The van der Waals surface area contributed by atoms with Crippen molar-refractivity contribution in [1.82, 2.24) is 15.8 Å². The second kappa shape index (κ2) is 4.83. The summed E-state index contributed by atoms with van der Waals surface area (Å²) in [4.78, 5) is 24.2. The van der Waals surface area contributed by atoms with Crippen LogP contribution in [0.4, 0.5) is 4.79 Å². The maximum Gasteiger partial charge on any atom is 0.322 e. The van der Waals surface area contributed by atoms with E-state index in [2.05, 4.69) is 15.8 Å². The van der Waals surface area contributed by atoms with Gasteiger partial charge in [0.1, 0.15) is 5.76 Å². The Morgan fingerprint density at radius 2 is 1.77 bits per heavy atom. The summed E-state index contributed by atoms with van der Waals surface area (Å²) in [5, 5.41) is 9.10. The molecule has 4 saturated carbocycles. The average Bonchev–Trinajstić information content (AvgIpc) is 2.83. The summed E-state index contributed by atoms with van der Waals surface area (Å²) >= 11 is 0. The number of urea groups is 1. The number of rotatable bonds is 2. The average molecular weight is 303 g/mol. The second-order valence-corrected chi connectivity index (χ2v) is 7.43. The van der Waals surface area contributed by atoms with E-state index < -0.39 is 11.9 Å². The molecule has 0 unspecified atom stereocenters. The Labute approximate surface area is 129 Å². The van der Waals surface area contributed by atoms with E-state index in [1.54, 1.807) is 6.92 Å². The molecule has 22 heavy (non-hydrogen) atoms. The molecule has 3 amide bonds. The minimum absolute atomic E-state index is 0.0984. The van der Waals surface area contributed by atoms with E-state index in [1.807, 2.05) is 0 Å². The van der Waals surface area contributed by atoms with Crippen molar-refractivity contribution in [1.29, 1.82) is 0 Å². The van der Waals surface area contributed by atoms with Gasteiger partial charge in [-0.2, -0.15) is 0 Å². The van der Waals surface area contributed by atoms with Gasteiger partial charge in [-0.05, 0) is 63.2 Å². The third-order valence-electron chi connectivity index (χ3n) is 5.50.